The van der Waals surface area contributed by atoms with Gasteiger partial charge in [-0.1, -0.05) is 72.8 Å². The highest BCUT2D eigenvalue weighted by molar-refractivity contribution is 6.03. The molecule has 0 radical (unpaired) electrons. The minimum absolute atomic E-state index is 0.0499. The molecule has 2 N–H and O–H groups in total. The van der Waals surface area contributed by atoms with Gasteiger partial charge in [-0.2, -0.15) is 4.98 Å². The highest BCUT2D eigenvalue weighted by Crippen LogP contribution is 2.45. The van der Waals surface area contributed by atoms with E-state index in [1.807, 2.05) is 78.9 Å². The van der Waals surface area contributed by atoms with Gasteiger partial charge in [-0.05, 0) is 72.4 Å². The van der Waals surface area contributed by atoms with Crippen molar-refractivity contribution in [3.05, 3.63) is 148 Å². The van der Waals surface area contributed by atoms with Crippen molar-refractivity contribution >= 4 is 11.7 Å². The molecule has 0 saturated carbocycles. The molecule has 1 amide bonds. The fraction of sp³-hybridized carbons (Fsp3) is 0.372. The summed E-state index contributed by atoms with van der Waals surface area (Å²) in [4.78, 5) is 30.7. The summed E-state index contributed by atoms with van der Waals surface area (Å²) < 4.78 is 43.7. The van der Waals surface area contributed by atoms with Gasteiger partial charge in [0, 0.05) is 39.0 Å². The molecule has 1 aromatic heterocycles. The Hall–Kier alpha value is -4.99. The fourth-order valence-electron chi connectivity index (χ4n) is 7.38. The first-order valence-electron chi connectivity index (χ1n) is 18.7. The van der Waals surface area contributed by atoms with Crippen molar-refractivity contribution in [3.63, 3.8) is 0 Å². The summed E-state index contributed by atoms with van der Waals surface area (Å²) in [5.74, 6) is -0.721. The number of carbonyl (C=O) groups excluding carboxylic acids is 1. The first-order chi connectivity index (χ1) is 27.3. The van der Waals surface area contributed by atoms with Crippen LogP contribution in [-0.4, -0.2) is 85.5 Å². The van der Waals surface area contributed by atoms with Crippen LogP contribution in [0.1, 0.15) is 53.4 Å². The second-order valence-electron chi connectivity index (χ2n) is 13.8. The van der Waals surface area contributed by atoms with Gasteiger partial charge in [-0.15, -0.1) is 0 Å². The summed E-state index contributed by atoms with van der Waals surface area (Å²) in [5.41, 5.74) is 1.03. The number of carbonyl (C=O) groups is 1. The number of methoxy groups -OCH3 is 3. The molecule has 5 atom stereocenters. The number of anilines is 1. The number of hydrogen-bond acceptors (Lipinski definition) is 11. The summed E-state index contributed by atoms with van der Waals surface area (Å²) in [5, 5.41) is 14.6. The molecule has 3 heterocycles. The Morgan fingerprint density at radius 1 is 0.964 bits per heavy atom. The van der Waals surface area contributed by atoms with Crippen LogP contribution in [0.5, 0.6) is 5.75 Å². The summed E-state index contributed by atoms with van der Waals surface area (Å²) in [6.45, 7) is 0.415. The molecule has 0 spiro atoms. The van der Waals surface area contributed by atoms with Crippen molar-refractivity contribution in [1.29, 1.82) is 0 Å². The Balaban J connectivity index is 1.19. The maximum atomic E-state index is 13.6. The van der Waals surface area contributed by atoms with Crippen LogP contribution >= 0.6 is 0 Å². The highest BCUT2D eigenvalue weighted by atomic mass is 16.7. The minimum atomic E-state index is -1.23. The van der Waals surface area contributed by atoms with Crippen LogP contribution in [0.2, 0.25) is 0 Å². The predicted molar refractivity (Wildman–Crippen MR) is 206 cm³/mol. The van der Waals surface area contributed by atoms with Crippen LogP contribution in [0.25, 0.3) is 0 Å². The Morgan fingerprint density at radius 3 is 2.23 bits per heavy atom. The zero-order chi connectivity index (χ0) is 39.1. The number of aliphatic hydroxyl groups is 1. The molecule has 4 aromatic rings. The van der Waals surface area contributed by atoms with Gasteiger partial charge >= 0.3 is 5.69 Å². The average Bonchev–Trinajstić information content (AvgIpc) is 3.55. The first-order valence-corrected chi connectivity index (χ1v) is 18.7. The molecule has 2 aliphatic heterocycles. The third-order valence-corrected chi connectivity index (χ3v) is 10.5. The van der Waals surface area contributed by atoms with Crippen molar-refractivity contribution in [2.24, 2.45) is 0 Å². The molecule has 2 fully saturated rings. The number of aliphatic hydroxyl groups excluding tert-OH is 1. The molecule has 13 heteroatoms. The number of aromatic nitrogens is 2. The zero-order valence-corrected chi connectivity index (χ0v) is 31.6. The van der Waals surface area contributed by atoms with Crippen LogP contribution in [-0.2, 0) is 34.0 Å². The number of nitrogens with zero attached hydrogens (tertiary/aromatic N) is 2. The van der Waals surface area contributed by atoms with Gasteiger partial charge in [-0.3, -0.25) is 9.36 Å². The smallest absolute Gasteiger partial charge is 0.351 e. The lowest BCUT2D eigenvalue weighted by molar-refractivity contribution is -0.215. The van der Waals surface area contributed by atoms with Gasteiger partial charge in [-0.25, -0.2) is 4.79 Å². The van der Waals surface area contributed by atoms with E-state index in [-0.39, 0.29) is 12.4 Å². The van der Waals surface area contributed by atoms with Crippen molar-refractivity contribution in [3.8, 4) is 5.75 Å². The van der Waals surface area contributed by atoms with Gasteiger partial charge in [0.25, 0.3) is 5.91 Å². The maximum absolute atomic E-state index is 13.6. The summed E-state index contributed by atoms with van der Waals surface area (Å²) in [6, 6.07) is 27.7. The molecule has 2 saturated heterocycles. The van der Waals surface area contributed by atoms with Crippen molar-refractivity contribution in [2.45, 2.75) is 67.9 Å². The second kappa shape index (κ2) is 17.4. The van der Waals surface area contributed by atoms with Crippen molar-refractivity contribution in [1.82, 2.24) is 9.55 Å². The molecule has 3 aliphatic rings. The molecular formula is C43H47N3O10. The topological polar surface area (TPSA) is 149 Å². The zero-order valence-electron chi connectivity index (χ0n) is 31.6. The van der Waals surface area contributed by atoms with E-state index in [1.165, 1.54) is 16.8 Å². The third kappa shape index (κ3) is 8.11. The summed E-state index contributed by atoms with van der Waals surface area (Å²) in [7, 11) is 4.74. The fourth-order valence-corrected chi connectivity index (χ4v) is 7.38. The van der Waals surface area contributed by atoms with E-state index in [2.05, 4.69) is 10.3 Å². The Bertz CT molecular complexity index is 2000. The van der Waals surface area contributed by atoms with Crippen LogP contribution in [0.3, 0.4) is 0 Å². The van der Waals surface area contributed by atoms with Gasteiger partial charge in [0.15, 0.2) is 18.3 Å². The molecule has 0 bridgehead atoms. The van der Waals surface area contributed by atoms with E-state index in [0.717, 1.165) is 29.5 Å². The first kappa shape index (κ1) is 39.3. The normalized spacial score (nSPS) is 23.4. The predicted octanol–water partition coefficient (Wildman–Crippen LogP) is 5.51. The van der Waals surface area contributed by atoms with Crippen LogP contribution in [0.4, 0.5) is 5.82 Å². The monoisotopic (exact) mass is 765 g/mol. The van der Waals surface area contributed by atoms with Crippen molar-refractivity contribution in [2.75, 3.05) is 39.9 Å². The molecule has 294 valence electrons. The number of rotatable bonds is 14. The Kier molecular flexibility index (Phi) is 12.2. The molecule has 56 heavy (non-hydrogen) atoms. The van der Waals surface area contributed by atoms with E-state index in [1.54, 1.807) is 45.6 Å². The van der Waals surface area contributed by atoms with E-state index < -0.39 is 53.8 Å². The van der Waals surface area contributed by atoms with Crippen LogP contribution < -0.4 is 15.7 Å². The van der Waals surface area contributed by atoms with Crippen LogP contribution in [0.15, 0.2) is 126 Å². The Labute approximate surface area is 325 Å². The standard InChI is InChI=1S/C43H47N3O10/c1-50-33-19-17-29(18-20-33)39(48)44-35-23-26-46(41(49)45-35)40-38(56-36-16-10-11-27-53-36)37(47)34(55-40)28-54-43(30-12-6-4-7-13-30,31-14-8-5-9-15-31)32-21-24-42(51-2,52-3)25-22-32/h4-9,12-15,17-24,26,34,36-38,40,47H,10-11,16,25,27-28H2,1-3H3,(H,44,45,48,49)/t34-,36?,37-,38-,40-/m1/s1. The number of ether oxygens (including phenoxy) is 7. The number of amides is 1. The number of nitrogens with one attached hydrogen (secondary N) is 1. The lowest BCUT2D eigenvalue weighted by Crippen LogP contribution is -2.43. The van der Waals surface area contributed by atoms with Crippen molar-refractivity contribution < 1.29 is 43.1 Å². The van der Waals surface area contributed by atoms with Gasteiger partial charge < -0.3 is 43.6 Å². The van der Waals surface area contributed by atoms with Crippen LogP contribution in [0, 0.1) is 0 Å². The van der Waals surface area contributed by atoms with E-state index in [4.69, 9.17) is 33.2 Å². The summed E-state index contributed by atoms with van der Waals surface area (Å²) >= 11 is 0. The molecule has 3 aromatic carbocycles. The highest BCUT2D eigenvalue weighted by Gasteiger charge is 2.49. The summed E-state index contributed by atoms with van der Waals surface area (Å²) in [6.07, 6.45) is 5.24. The maximum Gasteiger partial charge on any atom is 0.351 e. The van der Waals surface area contributed by atoms with Gasteiger partial charge in [0.2, 0.25) is 0 Å². The van der Waals surface area contributed by atoms with Gasteiger partial charge in [0.05, 0.1) is 13.7 Å². The van der Waals surface area contributed by atoms with E-state index >= 15 is 0 Å². The number of benzene rings is 3. The number of hydrogen-bond donors (Lipinski definition) is 2. The lowest BCUT2D eigenvalue weighted by atomic mass is 9.77. The minimum Gasteiger partial charge on any atom is -0.497 e. The van der Waals surface area contributed by atoms with E-state index in [0.29, 0.717) is 30.8 Å². The lowest BCUT2D eigenvalue weighted by Gasteiger charge is -2.40. The quantitative estimate of drug-likeness (QED) is 0.157. The largest absolute Gasteiger partial charge is 0.497 e. The Morgan fingerprint density at radius 2 is 1.66 bits per heavy atom. The molecule has 1 unspecified atom stereocenters. The molecular weight excluding hydrogens is 718 g/mol. The van der Waals surface area contributed by atoms with Gasteiger partial charge in [0.1, 0.15) is 35.5 Å². The second-order valence-corrected chi connectivity index (χ2v) is 13.8. The average molecular weight is 766 g/mol. The third-order valence-electron chi connectivity index (χ3n) is 10.5. The molecule has 1 aliphatic carbocycles. The molecule has 7 rings (SSSR count). The van der Waals surface area contributed by atoms with E-state index in [9.17, 15) is 14.7 Å². The molecule has 13 nitrogen and oxygen atoms in total. The SMILES string of the molecule is COc1ccc(C(=O)Nc2ccn([C@@H]3O[C@H](COC(C4=CCC(OC)(OC)C=C4)(c4ccccc4)c4ccccc4)[C@@H](O)[C@H]3OC3CCCCO3)c(=O)n2)cc1.